The highest BCUT2D eigenvalue weighted by Gasteiger charge is 2.33. The lowest BCUT2D eigenvalue weighted by Crippen LogP contribution is -2.56. The molecule has 2 rings (SSSR count). The molecule has 0 fully saturated rings. The van der Waals surface area contributed by atoms with E-state index in [4.69, 9.17) is 23.2 Å². The molecule has 150 valence electrons. The van der Waals surface area contributed by atoms with Crippen molar-refractivity contribution < 1.29 is 27.2 Å². The number of aromatic nitrogens is 1. The summed E-state index contributed by atoms with van der Waals surface area (Å²) in [7, 11) is 0. The molecule has 1 N–H and O–H groups in total. The van der Waals surface area contributed by atoms with E-state index in [1.807, 2.05) is 5.43 Å². The van der Waals surface area contributed by atoms with E-state index in [9.17, 15) is 27.2 Å². The molecule has 28 heavy (non-hydrogen) atoms. The lowest BCUT2D eigenvalue weighted by molar-refractivity contribution is 0.0354. The summed E-state index contributed by atoms with van der Waals surface area (Å²) in [4.78, 5) is 28.8. The number of nitrogens with zero attached hydrogens (tertiary/aromatic N) is 2. The Hall–Kier alpha value is -2.39. The van der Waals surface area contributed by atoms with Crippen molar-refractivity contribution in [3.05, 3.63) is 62.9 Å². The molecule has 0 aliphatic heterocycles. The van der Waals surface area contributed by atoms with Crippen molar-refractivity contribution in [3.8, 4) is 0 Å². The smallest absolute Gasteiger partial charge is 0.267 e. The molecule has 1 heterocycles. The predicted octanol–water partition coefficient (Wildman–Crippen LogP) is 4.53. The molecule has 1 aromatic carbocycles. The van der Waals surface area contributed by atoms with Crippen molar-refractivity contribution in [1.82, 2.24) is 15.4 Å². The number of nitrogens with one attached hydrogen (secondary N) is 1. The number of halogens is 6. The second kappa shape index (κ2) is 7.92. The van der Waals surface area contributed by atoms with Crippen LogP contribution in [-0.2, 0) is 0 Å². The first kappa shape index (κ1) is 21.9. The second-order valence-corrected chi connectivity index (χ2v) is 7.31. The van der Waals surface area contributed by atoms with Crippen LogP contribution >= 0.6 is 23.2 Å². The van der Waals surface area contributed by atoms with Gasteiger partial charge in [-0.2, -0.15) is 0 Å². The molecule has 5 nitrogen and oxygen atoms in total. The van der Waals surface area contributed by atoms with E-state index in [-0.39, 0.29) is 21.9 Å². The van der Waals surface area contributed by atoms with E-state index in [2.05, 4.69) is 4.98 Å². The van der Waals surface area contributed by atoms with Gasteiger partial charge in [0.25, 0.3) is 11.8 Å². The summed E-state index contributed by atoms with van der Waals surface area (Å²) < 4.78 is 54.5. The highest BCUT2D eigenvalue weighted by atomic mass is 35.5. The third-order valence-electron chi connectivity index (χ3n) is 3.47. The second-order valence-electron chi connectivity index (χ2n) is 6.57. The summed E-state index contributed by atoms with van der Waals surface area (Å²) in [5, 5.41) is 0.427. The van der Waals surface area contributed by atoms with E-state index < -0.39 is 46.2 Å². The molecule has 0 atom stereocenters. The predicted molar refractivity (Wildman–Crippen MR) is 93.9 cm³/mol. The number of hydrogen-bond donors (Lipinski definition) is 1. The van der Waals surface area contributed by atoms with Crippen molar-refractivity contribution >= 4 is 35.0 Å². The average Bonchev–Trinajstić information content (AvgIpc) is 2.56. The molecule has 0 bridgehead atoms. The topological polar surface area (TPSA) is 62.3 Å². The number of benzene rings is 1. The first-order chi connectivity index (χ1) is 12.8. The summed E-state index contributed by atoms with van der Waals surface area (Å²) in [5.41, 5.74) is -0.856. The van der Waals surface area contributed by atoms with Gasteiger partial charge >= 0.3 is 0 Å². The molecule has 2 aromatic rings. The average molecular weight is 438 g/mol. The fourth-order valence-corrected chi connectivity index (χ4v) is 2.57. The Morgan fingerprint density at radius 3 is 2.04 bits per heavy atom. The summed E-state index contributed by atoms with van der Waals surface area (Å²) in [5.74, 6) is -9.79. The van der Waals surface area contributed by atoms with Crippen LogP contribution in [0.25, 0.3) is 0 Å². The summed E-state index contributed by atoms with van der Waals surface area (Å²) >= 11 is 11.6. The molecular weight excluding hydrogens is 425 g/mol. The normalized spacial score (nSPS) is 11.3. The van der Waals surface area contributed by atoms with Gasteiger partial charge in [0, 0.05) is 6.07 Å². The van der Waals surface area contributed by atoms with Crippen LogP contribution in [0.5, 0.6) is 0 Å². The van der Waals surface area contributed by atoms with Crippen LogP contribution in [0.4, 0.5) is 17.6 Å². The minimum Gasteiger partial charge on any atom is -0.267 e. The molecule has 0 saturated heterocycles. The number of carbonyl (C=O) groups excluding carboxylic acids is 2. The highest BCUT2D eigenvalue weighted by molar-refractivity contribution is 6.34. The standard InChI is InChI=1S/C17H13Cl2F4N3O2/c1-17(2,3)26(16(28)7-4-5-10(18)24-14(7)19)25-15(27)11-12(22)8(20)6-9(21)13(11)23/h4-6H,1-3H3,(H,25,27). The van der Waals surface area contributed by atoms with Gasteiger partial charge < -0.3 is 0 Å². The molecular formula is C17H13Cl2F4N3O2. The van der Waals surface area contributed by atoms with Crippen molar-refractivity contribution in [2.24, 2.45) is 0 Å². The number of rotatable bonds is 2. The zero-order valence-electron chi connectivity index (χ0n) is 14.7. The third-order valence-corrected chi connectivity index (χ3v) is 3.97. The van der Waals surface area contributed by atoms with Crippen molar-refractivity contribution in [2.45, 2.75) is 26.3 Å². The quantitative estimate of drug-likeness (QED) is 0.325. The fraction of sp³-hybridized carbons (Fsp3) is 0.235. The van der Waals surface area contributed by atoms with Crippen LogP contribution in [-0.4, -0.2) is 27.3 Å². The Kier molecular flexibility index (Phi) is 6.20. The highest BCUT2D eigenvalue weighted by Crippen LogP contribution is 2.23. The maximum absolute atomic E-state index is 13.9. The molecule has 1 aromatic heterocycles. The molecule has 0 spiro atoms. The van der Waals surface area contributed by atoms with E-state index in [1.54, 1.807) is 0 Å². The number of pyridine rings is 1. The molecule has 0 unspecified atom stereocenters. The van der Waals surface area contributed by atoms with Gasteiger partial charge in [0.1, 0.15) is 15.9 Å². The Morgan fingerprint density at radius 1 is 1.04 bits per heavy atom. The lowest BCUT2D eigenvalue weighted by atomic mass is 10.1. The van der Waals surface area contributed by atoms with Crippen molar-refractivity contribution in [2.75, 3.05) is 0 Å². The molecule has 2 amide bonds. The van der Waals surface area contributed by atoms with Gasteiger partial charge in [-0.05, 0) is 32.9 Å². The van der Waals surface area contributed by atoms with Gasteiger partial charge in [-0.25, -0.2) is 27.6 Å². The van der Waals surface area contributed by atoms with Crippen LogP contribution in [0.2, 0.25) is 10.3 Å². The molecule has 11 heteroatoms. The van der Waals surface area contributed by atoms with Gasteiger partial charge in [-0.3, -0.25) is 15.0 Å². The minimum atomic E-state index is -1.90. The zero-order valence-corrected chi connectivity index (χ0v) is 16.2. The molecule has 0 radical (unpaired) electrons. The molecule has 0 saturated carbocycles. The minimum absolute atomic E-state index is 0.00673. The SMILES string of the molecule is CC(C)(C)N(NC(=O)c1c(F)c(F)cc(F)c1F)C(=O)c1ccc(Cl)nc1Cl. The summed E-state index contributed by atoms with van der Waals surface area (Å²) in [6.45, 7) is 4.46. The molecule has 0 aliphatic rings. The lowest BCUT2D eigenvalue weighted by Gasteiger charge is -2.35. The van der Waals surface area contributed by atoms with Gasteiger partial charge in [0.2, 0.25) is 0 Å². The van der Waals surface area contributed by atoms with E-state index >= 15 is 0 Å². The van der Waals surface area contributed by atoms with Gasteiger partial charge in [0.15, 0.2) is 23.3 Å². The Balaban J connectivity index is 2.47. The van der Waals surface area contributed by atoms with Crippen LogP contribution in [0, 0.1) is 23.3 Å². The number of hydrazine groups is 1. The van der Waals surface area contributed by atoms with Crippen LogP contribution in [0.3, 0.4) is 0 Å². The van der Waals surface area contributed by atoms with Crippen LogP contribution in [0.1, 0.15) is 41.5 Å². The Labute approximate surface area is 167 Å². The van der Waals surface area contributed by atoms with E-state index in [1.165, 1.54) is 32.9 Å². The number of amides is 2. The van der Waals surface area contributed by atoms with Crippen molar-refractivity contribution in [1.29, 1.82) is 0 Å². The van der Waals surface area contributed by atoms with E-state index in [0.29, 0.717) is 5.01 Å². The van der Waals surface area contributed by atoms with Crippen molar-refractivity contribution in [3.63, 3.8) is 0 Å². The van der Waals surface area contributed by atoms with Crippen LogP contribution < -0.4 is 5.43 Å². The Bertz CT molecular complexity index is 938. The third kappa shape index (κ3) is 4.36. The molecule has 0 aliphatic carbocycles. The maximum atomic E-state index is 13.9. The first-order valence-corrected chi connectivity index (χ1v) is 8.40. The fourth-order valence-electron chi connectivity index (χ4n) is 2.15. The Morgan fingerprint density at radius 2 is 1.57 bits per heavy atom. The summed E-state index contributed by atoms with van der Waals surface area (Å²) in [6.07, 6.45) is 0. The van der Waals surface area contributed by atoms with Crippen LogP contribution in [0.15, 0.2) is 18.2 Å². The zero-order chi connectivity index (χ0) is 21.4. The monoisotopic (exact) mass is 437 g/mol. The van der Waals surface area contributed by atoms with E-state index in [0.717, 1.165) is 0 Å². The van der Waals surface area contributed by atoms with Gasteiger partial charge in [-0.1, -0.05) is 23.2 Å². The maximum Gasteiger partial charge on any atom is 0.276 e. The largest absolute Gasteiger partial charge is 0.276 e. The number of hydrogen-bond acceptors (Lipinski definition) is 3. The van der Waals surface area contributed by atoms with Gasteiger partial charge in [-0.15, -0.1) is 0 Å². The summed E-state index contributed by atoms with van der Waals surface area (Å²) in [6, 6.07) is 2.46. The van der Waals surface area contributed by atoms with Gasteiger partial charge in [0.05, 0.1) is 11.1 Å². The number of carbonyl (C=O) groups is 2. The first-order valence-electron chi connectivity index (χ1n) is 7.65.